The monoisotopic (exact) mass is 393 g/mol. The van der Waals surface area contributed by atoms with Gasteiger partial charge in [-0.2, -0.15) is 0 Å². The maximum absolute atomic E-state index is 6.31. The van der Waals surface area contributed by atoms with E-state index in [0.29, 0.717) is 12.6 Å². The summed E-state index contributed by atoms with van der Waals surface area (Å²) < 4.78 is 6.31. The van der Waals surface area contributed by atoms with Crippen LogP contribution in [0.25, 0.3) is 21.9 Å². The molecule has 30 heavy (non-hydrogen) atoms. The second-order valence-corrected chi connectivity index (χ2v) is 8.25. The predicted octanol–water partition coefficient (Wildman–Crippen LogP) is 6.08. The van der Waals surface area contributed by atoms with E-state index >= 15 is 0 Å². The summed E-state index contributed by atoms with van der Waals surface area (Å²) in [6, 6.07) is 33.1. The van der Waals surface area contributed by atoms with Crippen molar-refractivity contribution in [1.29, 1.82) is 0 Å². The average molecular weight is 394 g/mol. The molecule has 0 amide bonds. The van der Waals surface area contributed by atoms with Crippen molar-refractivity contribution in [1.82, 2.24) is 4.90 Å². The van der Waals surface area contributed by atoms with Crippen molar-refractivity contribution in [2.75, 3.05) is 13.7 Å². The van der Waals surface area contributed by atoms with Gasteiger partial charge in [0.05, 0.1) is 13.2 Å². The summed E-state index contributed by atoms with van der Waals surface area (Å²) in [5.41, 5.74) is 6.63. The molecule has 0 bridgehead atoms. The fraction of sp³-hybridized carbons (Fsp3) is 0.214. The quantitative estimate of drug-likeness (QED) is 0.409. The van der Waals surface area contributed by atoms with Crippen LogP contribution in [0, 0.1) is 0 Å². The van der Waals surface area contributed by atoms with E-state index in [9.17, 15) is 0 Å². The molecular weight excluding hydrogens is 366 g/mol. The Kier molecular flexibility index (Phi) is 5.35. The molecule has 2 nitrogen and oxygen atoms in total. The molecule has 1 aliphatic heterocycles. The third-order valence-corrected chi connectivity index (χ3v) is 6.23. The fourth-order valence-corrected chi connectivity index (χ4v) is 4.59. The summed E-state index contributed by atoms with van der Waals surface area (Å²) in [4.78, 5) is 2.45. The van der Waals surface area contributed by atoms with Crippen molar-refractivity contribution < 1.29 is 4.74 Å². The van der Waals surface area contributed by atoms with Gasteiger partial charge in [0.2, 0.25) is 0 Å². The number of hydrogen-bond donors (Lipinski definition) is 0. The van der Waals surface area contributed by atoms with Gasteiger partial charge >= 0.3 is 0 Å². The molecule has 1 atom stereocenters. The molecule has 0 fully saturated rings. The Bertz CT molecular complexity index is 1150. The highest BCUT2D eigenvalue weighted by Gasteiger charge is 2.21. The van der Waals surface area contributed by atoms with Gasteiger partial charge in [0, 0.05) is 12.6 Å². The molecule has 5 rings (SSSR count). The highest BCUT2D eigenvalue weighted by molar-refractivity contribution is 5.99. The highest BCUT2D eigenvalue weighted by Crippen LogP contribution is 2.36. The van der Waals surface area contributed by atoms with Crippen molar-refractivity contribution in [3.8, 4) is 11.1 Å². The molecule has 0 aliphatic carbocycles. The van der Waals surface area contributed by atoms with Crippen molar-refractivity contribution in [2.45, 2.75) is 25.6 Å². The Morgan fingerprint density at radius 1 is 0.800 bits per heavy atom. The van der Waals surface area contributed by atoms with E-state index in [0.717, 1.165) is 19.6 Å². The number of fused-ring (bicyclic) bond motifs is 5. The van der Waals surface area contributed by atoms with Gasteiger partial charge in [-0.05, 0) is 52.1 Å². The molecule has 0 aromatic heterocycles. The third kappa shape index (κ3) is 3.77. The van der Waals surface area contributed by atoms with Gasteiger partial charge < -0.3 is 4.74 Å². The molecule has 0 saturated heterocycles. The Morgan fingerprint density at radius 3 is 2.47 bits per heavy atom. The summed E-state index contributed by atoms with van der Waals surface area (Å²) in [5, 5.41) is 2.58. The average Bonchev–Trinajstić information content (AvgIpc) is 2.79. The van der Waals surface area contributed by atoms with Crippen LogP contribution in [0.3, 0.4) is 0 Å². The van der Waals surface area contributed by atoms with Gasteiger partial charge in [0.1, 0.15) is 0 Å². The van der Waals surface area contributed by atoms with E-state index < -0.39 is 0 Å². The van der Waals surface area contributed by atoms with Crippen molar-refractivity contribution in [2.24, 2.45) is 0 Å². The lowest BCUT2D eigenvalue weighted by Crippen LogP contribution is -2.37. The standard InChI is InChI=1S/C28H27NO/c1-29-18-23-12-6-8-14-27(23)28-24(16-15-22-11-5-7-13-26(22)28)19-30-20-25(29)17-21-9-3-2-4-10-21/h2-16,25H,17-20H2,1H3. The van der Waals surface area contributed by atoms with E-state index in [1.54, 1.807) is 0 Å². The first-order valence-corrected chi connectivity index (χ1v) is 10.7. The molecule has 0 spiro atoms. The lowest BCUT2D eigenvalue weighted by atomic mass is 9.90. The molecule has 2 heteroatoms. The Balaban J connectivity index is 1.58. The van der Waals surface area contributed by atoms with Gasteiger partial charge in [-0.3, -0.25) is 4.90 Å². The Morgan fingerprint density at radius 2 is 1.57 bits per heavy atom. The molecule has 0 radical (unpaired) electrons. The number of ether oxygens (including phenoxy) is 1. The first-order valence-electron chi connectivity index (χ1n) is 10.7. The second kappa shape index (κ2) is 8.43. The van der Waals surface area contributed by atoms with Gasteiger partial charge in [0.25, 0.3) is 0 Å². The van der Waals surface area contributed by atoms with E-state index in [1.807, 2.05) is 0 Å². The minimum Gasteiger partial charge on any atom is -0.375 e. The number of likely N-dealkylation sites (N-methyl/N-ethyl adjacent to an activating group) is 1. The number of nitrogens with zero attached hydrogens (tertiary/aromatic N) is 1. The van der Waals surface area contributed by atoms with Crippen LogP contribution < -0.4 is 0 Å². The van der Waals surface area contributed by atoms with Gasteiger partial charge in [-0.15, -0.1) is 0 Å². The number of rotatable bonds is 2. The van der Waals surface area contributed by atoms with E-state index in [2.05, 4.69) is 103 Å². The highest BCUT2D eigenvalue weighted by atomic mass is 16.5. The topological polar surface area (TPSA) is 12.5 Å². The minimum atomic E-state index is 0.336. The Hall–Kier alpha value is -2.94. The first-order chi connectivity index (χ1) is 14.8. The zero-order valence-corrected chi connectivity index (χ0v) is 17.4. The van der Waals surface area contributed by atoms with Crippen LogP contribution in [0.15, 0.2) is 91.0 Å². The summed E-state index contributed by atoms with van der Waals surface area (Å²) >= 11 is 0. The molecule has 150 valence electrons. The molecule has 1 unspecified atom stereocenters. The lowest BCUT2D eigenvalue weighted by molar-refractivity contribution is 0.0571. The fourth-order valence-electron chi connectivity index (χ4n) is 4.59. The van der Waals surface area contributed by atoms with Crippen molar-refractivity contribution >= 4 is 10.8 Å². The van der Waals surface area contributed by atoms with Crippen LogP contribution >= 0.6 is 0 Å². The summed E-state index contributed by atoms with van der Waals surface area (Å²) in [6.45, 7) is 2.26. The lowest BCUT2D eigenvalue weighted by Gasteiger charge is -2.31. The van der Waals surface area contributed by atoms with Gasteiger partial charge in [0.15, 0.2) is 0 Å². The van der Waals surface area contributed by atoms with Crippen LogP contribution in [0.5, 0.6) is 0 Å². The first kappa shape index (κ1) is 19.0. The van der Waals surface area contributed by atoms with Gasteiger partial charge in [-0.25, -0.2) is 0 Å². The smallest absolute Gasteiger partial charge is 0.0723 e. The molecule has 4 aromatic rings. The normalized spacial score (nSPS) is 17.3. The zero-order chi connectivity index (χ0) is 20.3. The summed E-state index contributed by atoms with van der Waals surface area (Å²) in [7, 11) is 2.22. The summed E-state index contributed by atoms with van der Waals surface area (Å²) in [5.74, 6) is 0. The van der Waals surface area contributed by atoms with Gasteiger partial charge in [-0.1, -0.05) is 91.0 Å². The Labute approximate surface area is 178 Å². The molecule has 1 heterocycles. The van der Waals surface area contributed by atoms with Crippen LogP contribution in [0.4, 0.5) is 0 Å². The predicted molar refractivity (Wildman–Crippen MR) is 124 cm³/mol. The number of benzene rings is 4. The molecule has 4 aromatic carbocycles. The molecule has 0 saturated carbocycles. The number of hydrogen-bond acceptors (Lipinski definition) is 2. The maximum Gasteiger partial charge on any atom is 0.0723 e. The van der Waals surface area contributed by atoms with Crippen molar-refractivity contribution in [3.63, 3.8) is 0 Å². The second-order valence-electron chi connectivity index (χ2n) is 8.25. The van der Waals surface area contributed by atoms with E-state index in [1.165, 1.54) is 38.6 Å². The van der Waals surface area contributed by atoms with Crippen LogP contribution in [-0.4, -0.2) is 24.6 Å². The van der Waals surface area contributed by atoms with Crippen molar-refractivity contribution in [3.05, 3.63) is 108 Å². The largest absolute Gasteiger partial charge is 0.375 e. The van der Waals surface area contributed by atoms with E-state index in [-0.39, 0.29) is 0 Å². The van der Waals surface area contributed by atoms with Crippen LogP contribution in [-0.2, 0) is 24.3 Å². The molecule has 0 N–H and O–H groups in total. The summed E-state index contributed by atoms with van der Waals surface area (Å²) in [6.07, 6.45) is 0.990. The minimum absolute atomic E-state index is 0.336. The molecular formula is C28H27NO. The third-order valence-electron chi connectivity index (χ3n) is 6.23. The zero-order valence-electron chi connectivity index (χ0n) is 17.4. The van der Waals surface area contributed by atoms with Crippen LogP contribution in [0.2, 0.25) is 0 Å². The van der Waals surface area contributed by atoms with Crippen LogP contribution in [0.1, 0.15) is 16.7 Å². The van der Waals surface area contributed by atoms with E-state index in [4.69, 9.17) is 4.74 Å². The molecule has 1 aliphatic rings. The SMILES string of the molecule is CN1Cc2ccccc2-c2c(ccc3ccccc23)COCC1Cc1ccccc1. The maximum atomic E-state index is 6.31.